The summed E-state index contributed by atoms with van der Waals surface area (Å²) in [5.74, 6) is -0.547. The van der Waals surface area contributed by atoms with Crippen LogP contribution in [0.2, 0.25) is 0 Å². The first-order valence-corrected chi connectivity index (χ1v) is 8.42. The van der Waals surface area contributed by atoms with Crippen molar-refractivity contribution in [3.8, 4) is 0 Å². The van der Waals surface area contributed by atoms with E-state index in [4.69, 9.17) is 15.2 Å². The predicted molar refractivity (Wildman–Crippen MR) is 103 cm³/mol. The number of amides is 1. The Hall–Kier alpha value is -2.76. The molecule has 3 N–H and O–H groups in total. The zero-order valence-corrected chi connectivity index (χ0v) is 16.1. The van der Waals surface area contributed by atoms with Gasteiger partial charge in [0.05, 0.1) is 11.3 Å². The predicted octanol–water partition coefficient (Wildman–Crippen LogP) is 4.72. The maximum Gasteiger partial charge on any atom is 0.412 e. The Labute approximate surface area is 153 Å². The first-order valence-electron chi connectivity index (χ1n) is 8.42. The van der Waals surface area contributed by atoms with Gasteiger partial charge in [-0.15, -0.1) is 0 Å². The van der Waals surface area contributed by atoms with E-state index in [0.29, 0.717) is 11.1 Å². The highest BCUT2D eigenvalue weighted by Crippen LogP contribution is 2.33. The number of nitrogen functional groups attached to an aromatic ring is 1. The van der Waals surface area contributed by atoms with Crippen LogP contribution in [0, 0.1) is 0 Å². The summed E-state index contributed by atoms with van der Waals surface area (Å²) in [5.41, 5.74) is 5.71. The number of rotatable bonds is 2. The van der Waals surface area contributed by atoms with Gasteiger partial charge in [-0.05, 0) is 59.1 Å². The molecule has 26 heavy (non-hydrogen) atoms. The van der Waals surface area contributed by atoms with E-state index in [1.54, 1.807) is 59.7 Å². The number of fused-ring (bicyclic) bond motifs is 1. The number of hydrogen-bond acceptors (Lipinski definition) is 5. The van der Waals surface area contributed by atoms with Gasteiger partial charge in [-0.25, -0.2) is 9.59 Å². The van der Waals surface area contributed by atoms with Gasteiger partial charge in [0.25, 0.3) is 0 Å². The molecule has 0 bridgehead atoms. The molecule has 0 heterocycles. The van der Waals surface area contributed by atoms with Crippen LogP contribution in [0.5, 0.6) is 0 Å². The van der Waals surface area contributed by atoms with E-state index < -0.39 is 23.3 Å². The molecule has 2 aromatic carbocycles. The molecule has 0 aliphatic rings. The number of hydrogen-bond donors (Lipinski definition) is 2. The number of ether oxygens (including phenoxy) is 2. The fourth-order valence-electron chi connectivity index (χ4n) is 2.45. The average Bonchev–Trinajstić information content (AvgIpc) is 2.43. The van der Waals surface area contributed by atoms with Crippen molar-refractivity contribution < 1.29 is 19.1 Å². The average molecular weight is 358 g/mol. The largest absolute Gasteiger partial charge is 0.456 e. The molecular weight excluding hydrogens is 332 g/mol. The molecule has 0 saturated carbocycles. The van der Waals surface area contributed by atoms with Crippen molar-refractivity contribution in [1.29, 1.82) is 0 Å². The molecule has 0 aliphatic carbocycles. The van der Waals surface area contributed by atoms with E-state index in [1.807, 2.05) is 12.1 Å². The summed E-state index contributed by atoms with van der Waals surface area (Å²) in [6.07, 6.45) is -0.668. The molecule has 0 aromatic heterocycles. The number of benzene rings is 2. The van der Waals surface area contributed by atoms with Crippen LogP contribution in [0.25, 0.3) is 10.8 Å². The highest BCUT2D eigenvalue weighted by molar-refractivity contribution is 6.13. The Morgan fingerprint density at radius 2 is 1.54 bits per heavy atom. The summed E-state index contributed by atoms with van der Waals surface area (Å²) >= 11 is 0. The Kier molecular flexibility index (Phi) is 5.16. The molecule has 2 aromatic rings. The normalized spacial score (nSPS) is 11.9. The molecule has 6 heteroatoms. The summed E-state index contributed by atoms with van der Waals surface area (Å²) < 4.78 is 10.8. The lowest BCUT2D eigenvalue weighted by atomic mass is 10.0. The van der Waals surface area contributed by atoms with Crippen LogP contribution >= 0.6 is 0 Å². The summed E-state index contributed by atoms with van der Waals surface area (Å²) in [4.78, 5) is 25.0. The fourth-order valence-corrected chi connectivity index (χ4v) is 2.45. The Morgan fingerprint density at radius 1 is 0.923 bits per heavy atom. The van der Waals surface area contributed by atoms with E-state index in [1.165, 1.54) is 0 Å². The summed E-state index contributed by atoms with van der Waals surface area (Å²) in [6, 6.07) is 8.75. The molecule has 0 saturated heterocycles. The first kappa shape index (κ1) is 19.6. The molecule has 0 aliphatic heterocycles. The van der Waals surface area contributed by atoms with Gasteiger partial charge in [-0.2, -0.15) is 0 Å². The minimum absolute atomic E-state index is 0.219. The van der Waals surface area contributed by atoms with Crippen LogP contribution in [0.4, 0.5) is 16.2 Å². The van der Waals surface area contributed by atoms with Crippen LogP contribution in [0.15, 0.2) is 30.3 Å². The SMILES string of the molecule is CC(C)(C)OC(=O)Nc1c(C(=O)OC(C)(C)C)ccc2cccc(N)c12. The first-order chi connectivity index (χ1) is 11.9. The summed E-state index contributed by atoms with van der Waals surface area (Å²) in [6.45, 7) is 10.6. The number of nitrogens with one attached hydrogen (secondary N) is 1. The minimum Gasteiger partial charge on any atom is -0.456 e. The van der Waals surface area contributed by atoms with Crippen molar-refractivity contribution >= 4 is 34.2 Å². The lowest BCUT2D eigenvalue weighted by Gasteiger charge is -2.23. The van der Waals surface area contributed by atoms with Gasteiger partial charge in [-0.3, -0.25) is 5.32 Å². The van der Waals surface area contributed by atoms with Crippen molar-refractivity contribution in [3.63, 3.8) is 0 Å². The quantitative estimate of drug-likeness (QED) is 0.598. The van der Waals surface area contributed by atoms with E-state index in [2.05, 4.69) is 5.32 Å². The second-order valence-corrected chi connectivity index (χ2v) is 8.06. The van der Waals surface area contributed by atoms with E-state index in [0.717, 1.165) is 5.39 Å². The zero-order chi connectivity index (χ0) is 19.7. The number of esters is 1. The van der Waals surface area contributed by atoms with Gasteiger partial charge in [0.1, 0.15) is 11.2 Å². The third-order valence-corrected chi connectivity index (χ3v) is 3.32. The number of carbonyl (C=O) groups is 2. The van der Waals surface area contributed by atoms with Crippen LogP contribution in [-0.4, -0.2) is 23.3 Å². The van der Waals surface area contributed by atoms with Crippen molar-refractivity contribution in [2.45, 2.75) is 52.7 Å². The van der Waals surface area contributed by atoms with Gasteiger partial charge in [0.2, 0.25) is 0 Å². The number of nitrogens with two attached hydrogens (primary N) is 1. The zero-order valence-electron chi connectivity index (χ0n) is 16.1. The third-order valence-electron chi connectivity index (χ3n) is 3.32. The van der Waals surface area contributed by atoms with Gasteiger partial charge in [0.15, 0.2) is 0 Å². The van der Waals surface area contributed by atoms with Crippen molar-refractivity contribution in [2.75, 3.05) is 11.1 Å². The maximum atomic E-state index is 12.6. The number of anilines is 2. The molecule has 1 amide bonds. The van der Waals surface area contributed by atoms with Crippen molar-refractivity contribution in [1.82, 2.24) is 0 Å². The fraction of sp³-hybridized carbons (Fsp3) is 0.400. The molecule has 6 nitrogen and oxygen atoms in total. The Balaban J connectivity index is 2.56. The molecular formula is C20H26N2O4. The van der Waals surface area contributed by atoms with E-state index >= 15 is 0 Å². The van der Waals surface area contributed by atoms with Crippen LogP contribution in [0.1, 0.15) is 51.9 Å². The molecule has 0 unspecified atom stereocenters. The highest BCUT2D eigenvalue weighted by Gasteiger charge is 2.25. The minimum atomic E-state index is -0.674. The summed E-state index contributed by atoms with van der Waals surface area (Å²) in [5, 5.41) is 4.04. The number of carbonyl (C=O) groups excluding carboxylic acids is 2. The molecule has 0 fully saturated rings. The smallest absolute Gasteiger partial charge is 0.412 e. The van der Waals surface area contributed by atoms with E-state index in [-0.39, 0.29) is 11.3 Å². The van der Waals surface area contributed by atoms with Crippen LogP contribution in [-0.2, 0) is 9.47 Å². The molecule has 0 atom stereocenters. The molecule has 2 rings (SSSR count). The standard InChI is InChI=1S/C20H26N2O4/c1-19(2,3)25-17(23)13-11-10-12-8-7-9-14(21)15(12)16(13)22-18(24)26-20(4,5)6/h7-11H,21H2,1-6H3,(H,22,24). The highest BCUT2D eigenvalue weighted by atomic mass is 16.6. The van der Waals surface area contributed by atoms with Gasteiger partial charge < -0.3 is 15.2 Å². The Morgan fingerprint density at radius 3 is 2.12 bits per heavy atom. The lowest BCUT2D eigenvalue weighted by molar-refractivity contribution is 0.00709. The Bertz CT molecular complexity index is 845. The van der Waals surface area contributed by atoms with Gasteiger partial charge in [-0.1, -0.05) is 18.2 Å². The maximum absolute atomic E-state index is 12.6. The monoisotopic (exact) mass is 358 g/mol. The second kappa shape index (κ2) is 6.86. The molecule has 0 spiro atoms. The van der Waals surface area contributed by atoms with Gasteiger partial charge in [0, 0.05) is 11.1 Å². The van der Waals surface area contributed by atoms with Crippen LogP contribution < -0.4 is 11.1 Å². The third kappa shape index (κ3) is 4.88. The van der Waals surface area contributed by atoms with Crippen molar-refractivity contribution in [3.05, 3.63) is 35.9 Å². The lowest BCUT2D eigenvalue weighted by Crippen LogP contribution is -2.29. The van der Waals surface area contributed by atoms with Gasteiger partial charge >= 0.3 is 12.1 Å². The topological polar surface area (TPSA) is 90.6 Å². The molecule has 140 valence electrons. The van der Waals surface area contributed by atoms with Crippen LogP contribution in [0.3, 0.4) is 0 Å². The van der Waals surface area contributed by atoms with Crippen molar-refractivity contribution in [2.24, 2.45) is 0 Å². The second-order valence-electron chi connectivity index (χ2n) is 8.06. The van der Waals surface area contributed by atoms with E-state index in [9.17, 15) is 9.59 Å². The molecule has 0 radical (unpaired) electrons. The summed E-state index contributed by atoms with van der Waals surface area (Å²) in [7, 11) is 0.